The Labute approximate surface area is 118 Å². The third kappa shape index (κ3) is 3.71. The monoisotopic (exact) mass is 266 g/mol. The molecule has 1 amide bonds. The molecule has 0 aromatic rings. The Hall–Kier alpha value is -0.570. The van der Waals surface area contributed by atoms with E-state index in [-0.39, 0.29) is 12.2 Å². The molecule has 110 valence electrons. The van der Waals surface area contributed by atoms with Crippen molar-refractivity contribution in [2.45, 2.75) is 77.9 Å². The number of carbonyl (C=O) groups is 1. The largest absolute Gasteiger partial charge is 0.326 e. The summed E-state index contributed by atoms with van der Waals surface area (Å²) in [6.07, 6.45) is 8.91. The predicted octanol–water partition coefficient (Wildman–Crippen LogP) is 3.15. The third-order valence-electron chi connectivity index (χ3n) is 4.78. The van der Waals surface area contributed by atoms with Crippen LogP contribution in [0.3, 0.4) is 0 Å². The molecule has 2 rings (SSSR count). The molecule has 2 fully saturated rings. The lowest BCUT2D eigenvalue weighted by Crippen LogP contribution is -2.38. The SMILES string of the molecule is CCCC1NC(C(C)CC)C(=O)N1CCCC1CC1. The first kappa shape index (κ1) is 14.8. The highest BCUT2D eigenvalue weighted by Gasteiger charge is 2.40. The van der Waals surface area contributed by atoms with Gasteiger partial charge in [0, 0.05) is 6.54 Å². The van der Waals surface area contributed by atoms with Crippen molar-refractivity contribution < 1.29 is 4.79 Å². The number of hydrogen-bond acceptors (Lipinski definition) is 2. The highest BCUT2D eigenvalue weighted by atomic mass is 16.2. The van der Waals surface area contributed by atoms with Crippen molar-refractivity contribution >= 4 is 5.91 Å². The maximum atomic E-state index is 12.5. The Balaban J connectivity index is 1.89. The van der Waals surface area contributed by atoms with Gasteiger partial charge in [0.25, 0.3) is 0 Å². The van der Waals surface area contributed by atoms with E-state index < -0.39 is 0 Å². The first-order valence-electron chi connectivity index (χ1n) is 8.23. The van der Waals surface area contributed by atoms with Crippen molar-refractivity contribution in [3.63, 3.8) is 0 Å². The van der Waals surface area contributed by atoms with E-state index in [9.17, 15) is 4.79 Å². The summed E-state index contributed by atoms with van der Waals surface area (Å²) >= 11 is 0. The second-order valence-electron chi connectivity index (χ2n) is 6.45. The fourth-order valence-electron chi connectivity index (χ4n) is 3.08. The van der Waals surface area contributed by atoms with Gasteiger partial charge in [0.15, 0.2) is 0 Å². The first-order valence-corrected chi connectivity index (χ1v) is 8.23. The van der Waals surface area contributed by atoms with Crippen LogP contribution >= 0.6 is 0 Å². The lowest BCUT2D eigenvalue weighted by atomic mass is 9.99. The minimum absolute atomic E-state index is 0.0578. The van der Waals surface area contributed by atoms with Crippen molar-refractivity contribution in [3.05, 3.63) is 0 Å². The molecule has 1 saturated carbocycles. The summed E-state index contributed by atoms with van der Waals surface area (Å²) in [5.74, 6) is 1.77. The second-order valence-corrected chi connectivity index (χ2v) is 6.45. The average Bonchev–Trinajstić information content (AvgIpc) is 3.17. The third-order valence-corrected chi connectivity index (χ3v) is 4.78. The molecule has 0 aromatic carbocycles. The molecule has 1 aliphatic heterocycles. The highest BCUT2D eigenvalue weighted by Crippen LogP contribution is 2.33. The molecule has 19 heavy (non-hydrogen) atoms. The van der Waals surface area contributed by atoms with Gasteiger partial charge >= 0.3 is 0 Å². The van der Waals surface area contributed by atoms with Crippen LogP contribution in [0.25, 0.3) is 0 Å². The van der Waals surface area contributed by atoms with Crippen LogP contribution < -0.4 is 5.32 Å². The number of carbonyl (C=O) groups excluding carboxylic acids is 1. The first-order chi connectivity index (χ1) is 9.17. The molecule has 1 aliphatic carbocycles. The summed E-state index contributed by atoms with van der Waals surface area (Å²) in [5.41, 5.74) is 0. The van der Waals surface area contributed by atoms with Crippen LogP contribution in [0.15, 0.2) is 0 Å². The van der Waals surface area contributed by atoms with E-state index >= 15 is 0 Å². The van der Waals surface area contributed by atoms with Crippen molar-refractivity contribution in [3.8, 4) is 0 Å². The Morgan fingerprint density at radius 1 is 1.32 bits per heavy atom. The van der Waals surface area contributed by atoms with E-state index in [0.29, 0.717) is 11.8 Å². The van der Waals surface area contributed by atoms with Gasteiger partial charge in [-0.05, 0) is 31.1 Å². The smallest absolute Gasteiger partial charge is 0.241 e. The minimum Gasteiger partial charge on any atom is -0.326 e. The van der Waals surface area contributed by atoms with Crippen LogP contribution in [-0.2, 0) is 4.79 Å². The summed E-state index contributed by atoms with van der Waals surface area (Å²) in [5, 5.41) is 3.57. The predicted molar refractivity (Wildman–Crippen MR) is 78.7 cm³/mol. The second kappa shape index (κ2) is 6.74. The van der Waals surface area contributed by atoms with Gasteiger partial charge in [-0.25, -0.2) is 0 Å². The molecule has 0 aromatic heterocycles. The molecule has 3 heteroatoms. The summed E-state index contributed by atoms with van der Waals surface area (Å²) in [4.78, 5) is 14.7. The van der Waals surface area contributed by atoms with E-state index in [0.717, 1.165) is 31.7 Å². The lowest BCUT2D eigenvalue weighted by Gasteiger charge is -2.23. The standard InChI is InChI=1S/C16H30N2O/c1-4-7-14-17-15(12(3)5-2)16(19)18(14)11-6-8-13-9-10-13/h12-15,17H,4-11H2,1-3H3. The topological polar surface area (TPSA) is 32.3 Å². The molecular weight excluding hydrogens is 236 g/mol. The number of amides is 1. The van der Waals surface area contributed by atoms with Gasteiger partial charge in [-0.1, -0.05) is 46.5 Å². The van der Waals surface area contributed by atoms with Crippen LogP contribution in [0.2, 0.25) is 0 Å². The number of hydrogen-bond donors (Lipinski definition) is 1. The van der Waals surface area contributed by atoms with Gasteiger partial charge < -0.3 is 4.90 Å². The average molecular weight is 266 g/mol. The molecule has 1 heterocycles. The van der Waals surface area contributed by atoms with E-state index in [1.165, 1.54) is 25.7 Å². The molecule has 2 aliphatic rings. The molecule has 0 spiro atoms. The number of rotatable bonds is 8. The van der Waals surface area contributed by atoms with Gasteiger partial charge in [0.1, 0.15) is 0 Å². The fourth-order valence-corrected chi connectivity index (χ4v) is 3.08. The summed E-state index contributed by atoms with van der Waals surface area (Å²) in [6, 6.07) is 0.0578. The zero-order valence-corrected chi connectivity index (χ0v) is 12.8. The molecule has 0 radical (unpaired) electrons. The van der Waals surface area contributed by atoms with Crippen molar-refractivity contribution in [2.75, 3.05) is 6.54 Å². The lowest BCUT2D eigenvalue weighted by molar-refractivity contribution is -0.131. The normalized spacial score (nSPS) is 29.0. The van der Waals surface area contributed by atoms with Crippen molar-refractivity contribution in [1.82, 2.24) is 10.2 Å². The molecule has 0 bridgehead atoms. The van der Waals surface area contributed by atoms with Crippen LogP contribution in [0.1, 0.15) is 65.7 Å². The van der Waals surface area contributed by atoms with E-state index in [1.807, 2.05) is 0 Å². The van der Waals surface area contributed by atoms with Crippen molar-refractivity contribution in [2.24, 2.45) is 11.8 Å². The molecule has 3 unspecified atom stereocenters. The van der Waals surface area contributed by atoms with Crippen molar-refractivity contribution in [1.29, 1.82) is 0 Å². The van der Waals surface area contributed by atoms with Crippen LogP contribution in [-0.4, -0.2) is 29.6 Å². The van der Waals surface area contributed by atoms with Gasteiger partial charge in [-0.2, -0.15) is 0 Å². The summed E-state index contributed by atoms with van der Waals surface area (Å²) in [6.45, 7) is 7.52. The van der Waals surface area contributed by atoms with Crippen LogP contribution in [0.4, 0.5) is 0 Å². The zero-order chi connectivity index (χ0) is 13.8. The Bertz CT molecular complexity index is 301. The van der Waals surface area contributed by atoms with E-state index in [4.69, 9.17) is 0 Å². The molecule has 1 saturated heterocycles. The minimum atomic E-state index is 0.0578. The van der Waals surface area contributed by atoms with Crippen LogP contribution in [0, 0.1) is 11.8 Å². The number of nitrogens with zero attached hydrogens (tertiary/aromatic N) is 1. The number of nitrogens with one attached hydrogen (secondary N) is 1. The zero-order valence-electron chi connectivity index (χ0n) is 12.8. The summed E-state index contributed by atoms with van der Waals surface area (Å²) in [7, 11) is 0. The van der Waals surface area contributed by atoms with E-state index in [2.05, 4.69) is 31.0 Å². The quantitative estimate of drug-likeness (QED) is 0.732. The molecular formula is C16H30N2O. The molecule has 3 nitrogen and oxygen atoms in total. The van der Waals surface area contributed by atoms with Gasteiger partial charge in [0.05, 0.1) is 12.2 Å². The van der Waals surface area contributed by atoms with Gasteiger partial charge in [0.2, 0.25) is 5.91 Å². The van der Waals surface area contributed by atoms with Crippen LogP contribution in [0.5, 0.6) is 0 Å². The van der Waals surface area contributed by atoms with Gasteiger partial charge in [-0.3, -0.25) is 10.1 Å². The van der Waals surface area contributed by atoms with Gasteiger partial charge in [-0.15, -0.1) is 0 Å². The van der Waals surface area contributed by atoms with E-state index in [1.54, 1.807) is 0 Å². The Morgan fingerprint density at radius 3 is 2.63 bits per heavy atom. The maximum absolute atomic E-state index is 12.5. The Morgan fingerprint density at radius 2 is 2.05 bits per heavy atom. The highest BCUT2D eigenvalue weighted by molar-refractivity contribution is 5.84. The molecule has 1 N–H and O–H groups in total. The maximum Gasteiger partial charge on any atom is 0.241 e. The summed E-state index contributed by atoms with van der Waals surface area (Å²) < 4.78 is 0. The fraction of sp³-hybridized carbons (Fsp3) is 0.938. The Kier molecular flexibility index (Phi) is 5.26. The molecule has 3 atom stereocenters.